The molecule has 0 atom stereocenters. The van der Waals surface area contributed by atoms with Gasteiger partial charge in [0.2, 0.25) is 5.91 Å². The largest absolute Gasteiger partial charge is 0.497 e. The van der Waals surface area contributed by atoms with Gasteiger partial charge in [-0.05, 0) is 89.1 Å². The number of methoxy groups -OCH3 is 1. The van der Waals surface area contributed by atoms with Crippen LogP contribution in [0.4, 0.5) is 10.5 Å². The normalized spacial score (nSPS) is 14.0. The van der Waals surface area contributed by atoms with Gasteiger partial charge in [-0.1, -0.05) is 42.5 Å². The molecule has 3 amide bonds. The highest BCUT2D eigenvalue weighted by atomic mass is 32.2. The summed E-state index contributed by atoms with van der Waals surface area (Å²) in [6.45, 7) is 2.28. The highest BCUT2D eigenvalue weighted by Crippen LogP contribution is 2.35. The molecule has 4 aromatic carbocycles. The number of carbonyl (C=O) groups is 3. The summed E-state index contributed by atoms with van der Waals surface area (Å²) in [6, 6.07) is 26.4. The van der Waals surface area contributed by atoms with Crippen molar-refractivity contribution in [1.29, 1.82) is 0 Å². The molecule has 208 valence electrons. The van der Waals surface area contributed by atoms with E-state index < -0.39 is 17.1 Å². The van der Waals surface area contributed by atoms with E-state index in [9.17, 15) is 14.4 Å². The van der Waals surface area contributed by atoms with E-state index in [1.807, 2.05) is 25.1 Å². The van der Waals surface area contributed by atoms with Gasteiger partial charge in [-0.15, -0.1) is 0 Å². The maximum Gasteiger partial charge on any atom is 0.294 e. The topological polar surface area (TPSA) is 94.2 Å². The molecule has 4 aromatic rings. The van der Waals surface area contributed by atoms with Crippen molar-refractivity contribution >= 4 is 51.4 Å². The summed E-state index contributed by atoms with van der Waals surface area (Å²) in [6.07, 6.45) is 1.61. The number of hydrogen-bond acceptors (Lipinski definition) is 7. The molecule has 1 aliphatic heterocycles. The molecule has 1 heterocycles. The van der Waals surface area contributed by atoms with E-state index in [0.29, 0.717) is 41.7 Å². The molecule has 0 radical (unpaired) electrons. The molecule has 5 rings (SSSR count). The lowest BCUT2D eigenvalue weighted by molar-refractivity contribution is -0.127. The van der Waals surface area contributed by atoms with Crippen LogP contribution in [0.2, 0.25) is 0 Å². The Kier molecular flexibility index (Phi) is 8.55. The van der Waals surface area contributed by atoms with Crippen LogP contribution in [0.25, 0.3) is 16.8 Å². The molecule has 0 bridgehead atoms. The number of amides is 3. The van der Waals surface area contributed by atoms with E-state index in [1.54, 1.807) is 55.7 Å². The molecule has 1 fully saturated rings. The minimum atomic E-state index is -0.528. The van der Waals surface area contributed by atoms with Gasteiger partial charge in [0.1, 0.15) is 18.9 Å². The predicted octanol–water partition coefficient (Wildman–Crippen LogP) is 6.50. The Bertz CT molecular complexity index is 1630. The first-order chi connectivity index (χ1) is 19.9. The lowest BCUT2D eigenvalue weighted by Gasteiger charge is -2.13. The minimum Gasteiger partial charge on any atom is -0.497 e. The average molecular weight is 569 g/mol. The first-order valence-corrected chi connectivity index (χ1v) is 13.8. The van der Waals surface area contributed by atoms with Crippen molar-refractivity contribution in [3.8, 4) is 17.2 Å². The molecule has 1 saturated heterocycles. The number of carbonyl (C=O) groups excluding carboxylic acids is 3. The van der Waals surface area contributed by atoms with Crippen molar-refractivity contribution in [2.45, 2.75) is 13.5 Å². The molecule has 1 aliphatic rings. The Morgan fingerprint density at radius 3 is 2.44 bits per heavy atom. The van der Waals surface area contributed by atoms with Crippen LogP contribution in [0.3, 0.4) is 0 Å². The van der Waals surface area contributed by atoms with Crippen molar-refractivity contribution in [3.05, 3.63) is 101 Å². The average Bonchev–Trinajstić information content (AvgIpc) is 3.24. The molecule has 0 aromatic heterocycles. The van der Waals surface area contributed by atoms with Crippen LogP contribution in [-0.4, -0.2) is 42.2 Å². The summed E-state index contributed by atoms with van der Waals surface area (Å²) < 4.78 is 17.0. The summed E-state index contributed by atoms with van der Waals surface area (Å²) in [4.78, 5) is 39.2. The van der Waals surface area contributed by atoms with Gasteiger partial charge in [-0.25, -0.2) is 0 Å². The zero-order chi connectivity index (χ0) is 28.8. The van der Waals surface area contributed by atoms with Crippen LogP contribution in [0.15, 0.2) is 89.8 Å². The Balaban J connectivity index is 1.25. The second-order valence-electron chi connectivity index (χ2n) is 9.15. The maximum absolute atomic E-state index is 13.0. The number of thioether (sulfide) groups is 1. The second kappa shape index (κ2) is 12.6. The molecular weight excluding hydrogens is 540 g/mol. The maximum atomic E-state index is 13.0. The molecule has 1 N–H and O–H groups in total. The number of nitrogens with one attached hydrogen (secondary N) is 1. The first kappa shape index (κ1) is 27.8. The van der Waals surface area contributed by atoms with Crippen LogP contribution in [0.5, 0.6) is 17.2 Å². The second-order valence-corrected chi connectivity index (χ2v) is 10.1. The number of nitrogens with zero attached hydrogens (tertiary/aromatic N) is 1. The monoisotopic (exact) mass is 568 g/mol. The number of imide groups is 1. The van der Waals surface area contributed by atoms with Crippen molar-refractivity contribution in [2.24, 2.45) is 0 Å². The molecule has 0 aliphatic carbocycles. The number of rotatable bonds is 10. The molecule has 9 heteroatoms. The summed E-state index contributed by atoms with van der Waals surface area (Å²) in [7, 11) is 1.55. The standard InChI is InChI=1S/C32H28N2O6S/c1-3-39-28-17-21(9-15-27(28)40-20-22-8-10-23-6-4-5-7-24(23)16-22)18-29-31(36)34(32(37)41-29)19-30(35)33-25-11-13-26(38-2)14-12-25/h4-18H,3,19-20H2,1-2H3,(H,33,35)/b29-18+. The fraction of sp³-hybridized carbons (Fsp3) is 0.156. The SMILES string of the molecule is CCOc1cc(/C=C2/SC(=O)N(CC(=O)Nc3ccc(OC)cc3)C2=O)ccc1OCc1ccc2ccccc2c1. The summed E-state index contributed by atoms with van der Waals surface area (Å²) >= 11 is 0.792. The Morgan fingerprint density at radius 2 is 1.68 bits per heavy atom. The molecule has 8 nitrogen and oxygen atoms in total. The van der Waals surface area contributed by atoms with Gasteiger partial charge < -0.3 is 19.5 Å². The highest BCUT2D eigenvalue weighted by Gasteiger charge is 2.36. The molecule has 41 heavy (non-hydrogen) atoms. The zero-order valence-electron chi connectivity index (χ0n) is 22.6. The van der Waals surface area contributed by atoms with Gasteiger partial charge in [0.15, 0.2) is 11.5 Å². The van der Waals surface area contributed by atoms with E-state index in [1.165, 1.54) is 0 Å². The van der Waals surface area contributed by atoms with Crippen molar-refractivity contribution in [1.82, 2.24) is 4.90 Å². The quantitative estimate of drug-likeness (QED) is 0.218. The Labute approximate surface area is 241 Å². The van der Waals surface area contributed by atoms with E-state index in [0.717, 1.165) is 33.0 Å². The van der Waals surface area contributed by atoms with Crippen LogP contribution < -0.4 is 19.5 Å². The lowest BCUT2D eigenvalue weighted by atomic mass is 10.1. The summed E-state index contributed by atoms with van der Waals surface area (Å²) in [5.41, 5.74) is 2.23. The third kappa shape index (κ3) is 6.70. The number of ether oxygens (including phenoxy) is 3. The first-order valence-electron chi connectivity index (χ1n) is 13.0. The van der Waals surface area contributed by atoms with Crippen molar-refractivity contribution in [3.63, 3.8) is 0 Å². The highest BCUT2D eigenvalue weighted by molar-refractivity contribution is 8.18. The summed E-state index contributed by atoms with van der Waals surface area (Å²) in [5.74, 6) is 0.737. The number of hydrogen-bond donors (Lipinski definition) is 1. The number of fused-ring (bicyclic) bond motifs is 1. The third-order valence-electron chi connectivity index (χ3n) is 6.32. The van der Waals surface area contributed by atoms with Gasteiger partial charge in [-0.2, -0.15) is 0 Å². The van der Waals surface area contributed by atoms with E-state index in [2.05, 4.69) is 29.6 Å². The molecule has 0 saturated carbocycles. The van der Waals surface area contributed by atoms with E-state index >= 15 is 0 Å². The summed E-state index contributed by atoms with van der Waals surface area (Å²) in [5, 5.41) is 4.48. The van der Waals surface area contributed by atoms with Crippen LogP contribution in [-0.2, 0) is 16.2 Å². The lowest BCUT2D eigenvalue weighted by Crippen LogP contribution is -2.36. The van der Waals surface area contributed by atoms with Gasteiger partial charge in [-0.3, -0.25) is 19.3 Å². The molecular formula is C32H28N2O6S. The van der Waals surface area contributed by atoms with E-state index in [-0.39, 0.29) is 11.4 Å². The minimum absolute atomic E-state index is 0.222. The fourth-order valence-electron chi connectivity index (χ4n) is 4.30. The number of anilines is 1. The van der Waals surface area contributed by atoms with Crippen LogP contribution >= 0.6 is 11.8 Å². The van der Waals surface area contributed by atoms with Gasteiger partial charge in [0, 0.05) is 5.69 Å². The van der Waals surface area contributed by atoms with Crippen molar-refractivity contribution < 1.29 is 28.6 Å². The van der Waals surface area contributed by atoms with Gasteiger partial charge in [0.05, 0.1) is 18.6 Å². The Morgan fingerprint density at radius 1 is 0.902 bits per heavy atom. The number of benzene rings is 4. The van der Waals surface area contributed by atoms with E-state index in [4.69, 9.17) is 14.2 Å². The fourth-order valence-corrected chi connectivity index (χ4v) is 5.14. The zero-order valence-corrected chi connectivity index (χ0v) is 23.4. The van der Waals surface area contributed by atoms with Gasteiger partial charge >= 0.3 is 0 Å². The smallest absolute Gasteiger partial charge is 0.294 e. The molecule has 0 spiro atoms. The van der Waals surface area contributed by atoms with Crippen LogP contribution in [0.1, 0.15) is 18.1 Å². The van der Waals surface area contributed by atoms with Gasteiger partial charge in [0.25, 0.3) is 11.1 Å². The third-order valence-corrected chi connectivity index (χ3v) is 7.23. The van der Waals surface area contributed by atoms with Crippen LogP contribution in [0, 0.1) is 0 Å². The predicted molar refractivity (Wildman–Crippen MR) is 160 cm³/mol. The van der Waals surface area contributed by atoms with Crippen molar-refractivity contribution in [2.75, 3.05) is 25.6 Å². The molecule has 0 unspecified atom stereocenters. The Hall–Kier alpha value is -4.76.